The summed E-state index contributed by atoms with van der Waals surface area (Å²) in [4.78, 5) is 3.41. The number of aromatic nitrogens is 1. The molecule has 0 aliphatic carbocycles. The van der Waals surface area contributed by atoms with Crippen molar-refractivity contribution in [3.05, 3.63) is 29.6 Å². The quantitative estimate of drug-likeness (QED) is 0.578. The van der Waals surface area contributed by atoms with Crippen LogP contribution in [0.25, 0.3) is 0 Å². The van der Waals surface area contributed by atoms with Crippen molar-refractivity contribution in [2.75, 3.05) is 17.4 Å². The number of halogens is 4. The van der Waals surface area contributed by atoms with Crippen LogP contribution in [0.4, 0.5) is 13.2 Å². The van der Waals surface area contributed by atoms with Crippen molar-refractivity contribution in [1.82, 2.24) is 4.98 Å². The predicted molar refractivity (Wildman–Crippen MR) is 65.6 cm³/mol. The van der Waals surface area contributed by atoms with Gasteiger partial charge in [0, 0.05) is 12.1 Å². The Morgan fingerprint density at radius 3 is 2.53 bits per heavy atom. The lowest BCUT2D eigenvalue weighted by atomic mass is 10.2. The van der Waals surface area contributed by atoms with Crippen molar-refractivity contribution in [2.24, 2.45) is 0 Å². The molecule has 1 rings (SSSR count). The van der Waals surface area contributed by atoms with Crippen molar-refractivity contribution in [1.29, 1.82) is 0 Å². The molecule has 0 aliphatic heterocycles. The highest BCUT2D eigenvalue weighted by Gasteiger charge is 2.31. The van der Waals surface area contributed by atoms with Crippen LogP contribution in [-0.2, 0) is 12.6 Å². The molecule has 1 nitrogen and oxygen atoms in total. The maximum Gasteiger partial charge on any atom is 0.433 e. The fraction of sp³-hybridized carbons (Fsp3) is 0.545. The highest BCUT2D eigenvalue weighted by atomic mass is 35.5. The van der Waals surface area contributed by atoms with E-state index in [1.807, 2.05) is 0 Å². The lowest BCUT2D eigenvalue weighted by Gasteiger charge is -2.06. The fourth-order valence-corrected chi connectivity index (χ4v) is 2.41. The van der Waals surface area contributed by atoms with Crippen molar-refractivity contribution in [3.8, 4) is 0 Å². The molecule has 0 amide bonds. The van der Waals surface area contributed by atoms with Gasteiger partial charge in [-0.1, -0.05) is 6.07 Å². The Labute approximate surface area is 108 Å². The van der Waals surface area contributed by atoms with Gasteiger partial charge in [-0.2, -0.15) is 24.9 Å². The number of hydrogen-bond donors (Lipinski definition) is 0. The first-order valence-electron chi connectivity index (χ1n) is 5.20. The normalized spacial score (nSPS) is 11.8. The summed E-state index contributed by atoms with van der Waals surface area (Å²) < 4.78 is 36.7. The van der Waals surface area contributed by atoms with Gasteiger partial charge in [0.05, 0.1) is 0 Å². The van der Waals surface area contributed by atoms with Gasteiger partial charge in [-0.15, -0.1) is 11.6 Å². The molecule has 1 heterocycles. The molecule has 0 atom stereocenters. The Morgan fingerprint density at radius 1 is 1.24 bits per heavy atom. The molecule has 17 heavy (non-hydrogen) atoms. The summed E-state index contributed by atoms with van der Waals surface area (Å²) in [5.41, 5.74) is -0.00702. The first-order chi connectivity index (χ1) is 8.04. The third kappa shape index (κ3) is 5.64. The van der Waals surface area contributed by atoms with E-state index in [0.29, 0.717) is 5.88 Å². The molecule has 0 aliphatic rings. The molecule has 0 radical (unpaired) electrons. The Kier molecular flexibility index (Phi) is 6.12. The summed E-state index contributed by atoms with van der Waals surface area (Å²) in [7, 11) is 0. The van der Waals surface area contributed by atoms with Crippen LogP contribution in [-0.4, -0.2) is 22.4 Å². The van der Waals surface area contributed by atoms with Crippen molar-refractivity contribution >= 4 is 23.4 Å². The van der Waals surface area contributed by atoms with Gasteiger partial charge in [0.15, 0.2) is 0 Å². The van der Waals surface area contributed by atoms with Crippen molar-refractivity contribution in [2.45, 2.75) is 19.0 Å². The first-order valence-corrected chi connectivity index (χ1v) is 6.89. The van der Waals surface area contributed by atoms with E-state index in [2.05, 4.69) is 4.98 Å². The van der Waals surface area contributed by atoms with E-state index >= 15 is 0 Å². The molecule has 0 saturated carbocycles. The molecule has 0 spiro atoms. The Bertz CT molecular complexity index is 326. The molecule has 0 N–H and O–H groups in total. The maximum atomic E-state index is 12.2. The zero-order valence-corrected chi connectivity index (χ0v) is 10.7. The minimum Gasteiger partial charge on any atom is -0.252 e. The first kappa shape index (κ1) is 14.6. The smallest absolute Gasteiger partial charge is 0.252 e. The Balaban J connectivity index is 2.36. The van der Waals surface area contributed by atoms with E-state index in [4.69, 9.17) is 11.6 Å². The number of hydrogen-bond acceptors (Lipinski definition) is 2. The van der Waals surface area contributed by atoms with Gasteiger partial charge in [-0.3, -0.25) is 4.98 Å². The number of alkyl halides is 4. The number of rotatable bonds is 6. The minimum absolute atomic E-state index is 0.648. The number of nitrogens with zero attached hydrogens (tertiary/aromatic N) is 1. The average Bonchev–Trinajstić information content (AvgIpc) is 2.28. The lowest BCUT2D eigenvalue weighted by Crippen LogP contribution is -2.07. The topological polar surface area (TPSA) is 12.9 Å². The summed E-state index contributed by atoms with van der Waals surface area (Å²) in [5, 5.41) is 0. The second-order valence-corrected chi connectivity index (χ2v) is 5.06. The summed E-state index contributed by atoms with van der Waals surface area (Å²) in [6.45, 7) is 0. The summed E-state index contributed by atoms with van der Waals surface area (Å²) in [5.74, 6) is 2.51. The van der Waals surface area contributed by atoms with E-state index < -0.39 is 11.9 Å². The van der Waals surface area contributed by atoms with Crippen LogP contribution in [0, 0.1) is 0 Å². The van der Waals surface area contributed by atoms with Crippen molar-refractivity contribution in [3.63, 3.8) is 0 Å². The van der Waals surface area contributed by atoms with Crippen LogP contribution in [0.5, 0.6) is 0 Å². The molecule has 0 unspecified atom stereocenters. The van der Waals surface area contributed by atoms with Crippen LogP contribution >= 0.6 is 23.4 Å². The highest BCUT2D eigenvalue weighted by Crippen LogP contribution is 2.27. The van der Waals surface area contributed by atoms with Crippen LogP contribution in [0.3, 0.4) is 0 Å². The summed E-state index contributed by atoms with van der Waals surface area (Å²) in [6, 6.07) is 2.51. The molecule has 96 valence electrons. The van der Waals surface area contributed by atoms with Crippen LogP contribution < -0.4 is 0 Å². The second-order valence-electron chi connectivity index (χ2n) is 3.45. The summed E-state index contributed by atoms with van der Waals surface area (Å²) >= 11 is 7.28. The largest absolute Gasteiger partial charge is 0.433 e. The number of aryl methyl sites for hydroxylation is 1. The van der Waals surface area contributed by atoms with Crippen LogP contribution in [0.2, 0.25) is 0 Å². The average molecular weight is 284 g/mol. The number of pyridine rings is 1. The van der Waals surface area contributed by atoms with Gasteiger partial charge in [0.1, 0.15) is 5.69 Å². The third-order valence-corrected chi connectivity index (χ3v) is 3.41. The lowest BCUT2D eigenvalue weighted by molar-refractivity contribution is -0.141. The molecule has 0 aromatic carbocycles. The van der Waals surface area contributed by atoms with E-state index in [9.17, 15) is 13.2 Å². The van der Waals surface area contributed by atoms with E-state index in [1.165, 1.54) is 12.3 Å². The highest BCUT2D eigenvalue weighted by molar-refractivity contribution is 7.99. The van der Waals surface area contributed by atoms with Crippen LogP contribution in [0.1, 0.15) is 17.7 Å². The number of thioether (sulfide) groups is 1. The molecular formula is C11H13ClF3NS. The molecule has 0 bridgehead atoms. The van der Waals surface area contributed by atoms with Gasteiger partial charge >= 0.3 is 6.18 Å². The van der Waals surface area contributed by atoms with Gasteiger partial charge in [-0.05, 0) is 36.0 Å². The van der Waals surface area contributed by atoms with Gasteiger partial charge in [-0.25, -0.2) is 0 Å². The SMILES string of the molecule is FC(F)(F)c1ccc(CCSCCCCl)cn1. The van der Waals surface area contributed by atoms with Gasteiger partial charge in [0.25, 0.3) is 0 Å². The van der Waals surface area contributed by atoms with E-state index in [1.54, 1.807) is 11.8 Å². The van der Waals surface area contributed by atoms with E-state index in [0.717, 1.165) is 36.0 Å². The van der Waals surface area contributed by atoms with Gasteiger partial charge in [0.2, 0.25) is 0 Å². The second kappa shape index (κ2) is 7.11. The zero-order valence-electron chi connectivity index (χ0n) is 9.13. The molecule has 0 saturated heterocycles. The van der Waals surface area contributed by atoms with Gasteiger partial charge < -0.3 is 0 Å². The zero-order chi connectivity index (χ0) is 12.7. The van der Waals surface area contributed by atoms with Crippen molar-refractivity contribution < 1.29 is 13.2 Å². The maximum absolute atomic E-state index is 12.2. The summed E-state index contributed by atoms with van der Waals surface area (Å²) in [6.07, 6.45) is -1.37. The van der Waals surface area contributed by atoms with E-state index in [-0.39, 0.29) is 0 Å². The minimum atomic E-state index is -4.35. The Morgan fingerprint density at radius 2 is 2.00 bits per heavy atom. The third-order valence-electron chi connectivity index (χ3n) is 2.07. The monoisotopic (exact) mass is 283 g/mol. The predicted octanol–water partition coefficient (Wildman–Crippen LogP) is 4.01. The molecule has 1 aromatic heterocycles. The molecule has 0 fully saturated rings. The molecular weight excluding hydrogens is 271 g/mol. The molecule has 1 aromatic rings. The fourth-order valence-electron chi connectivity index (χ4n) is 1.19. The van der Waals surface area contributed by atoms with Crippen LogP contribution in [0.15, 0.2) is 18.3 Å². The molecule has 6 heteroatoms. The standard InChI is InChI=1S/C11H13ClF3NS/c12-5-1-6-17-7-4-9-2-3-10(16-8-9)11(13,14)15/h2-3,8H,1,4-7H2. The Hall–Kier alpha value is -0.420.